The van der Waals surface area contributed by atoms with E-state index in [2.05, 4.69) is 4.98 Å². The van der Waals surface area contributed by atoms with E-state index >= 15 is 0 Å². The van der Waals surface area contributed by atoms with Crippen molar-refractivity contribution in [2.24, 2.45) is 0 Å². The Morgan fingerprint density at radius 2 is 1.90 bits per heavy atom. The van der Waals surface area contributed by atoms with Crippen LogP contribution in [0.15, 0.2) is 24.4 Å². The molecular formula is C20H25F3N2O5S. The second-order valence-corrected chi connectivity index (χ2v) is 9.36. The van der Waals surface area contributed by atoms with Crippen LogP contribution >= 0.6 is 11.8 Å². The van der Waals surface area contributed by atoms with E-state index in [9.17, 15) is 18.0 Å². The summed E-state index contributed by atoms with van der Waals surface area (Å²) in [7, 11) is 0. The van der Waals surface area contributed by atoms with E-state index in [4.69, 9.17) is 19.4 Å². The number of carboxylic acids is 1. The van der Waals surface area contributed by atoms with Crippen molar-refractivity contribution >= 4 is 23.6 Å². The molecule has 7 nitrogen and oxygen atoms in total. The molecule has 1 unspecified atom stereocenters. The lowest BCUT2D eigenvalue weighted by molar-refractivity contribution is -0.192. The molecule has 1 N–H and O–H groups in total. The number of ether oxygens (including phenoxy) is 2. The number of aromatic nitrogens is 1. The molecule has 1 amide bonds. The van der Waals surface area contributed by atoms with E-state index in [-0.39, 0.29) is 23.4 Å². The molecule has 3 fully saturated rings. The Bertz CT molecular complexity index is 753. The van der Waals surface area contributed by atoms with Crippen LogP contribution in [0.4, 0.5) is 13.2 Å². The number of carboxylic acid groups (broad SMARTS) is 1. The Balaban J connectivity index is 0.000000339. The molecule has 4 rings (SSSR count). The van der Waals surface area contributed by atoms with E-state index in [1.807, 2.05) is 34.9 Å². The third-order valence-corrected chi connectivity index (χ3v) is 6.97. The predicted octanol–water partition coefficient (Wildman–Crippen LogP) is 3.14. The number of likely N-dealkylation sites (tertiary alicyclic amines) is 1. The summed E-state index contributed by atoms with van der Waals surface area (Å²) in [5.74, 6) is -0.955. The van der Waals surface area contributed by atoms with Crippen molar-refractivity contribution in [1.82, 2.24) is 9.88 Å². The van der Waals surface area contributed by atoms with Crippen LogP contribution in [0, 0.1) is 0 Å². The summed E-state index contributed by atoms with van der Waals surface area (Å²) in [5.41, 5.74) is 0. The fourth-order valence-electron chi connectivity index (χ4n) is 3.85. The number of thioether (sulfide) groups is 1. The lowest BCUT2D eigenvalue weighted by atomic mass is 9.93. The quantitative estimate of drug-likeness (QED) is 0.719. The Morgan fingerprint density at radius 1 is 1.23 bits per heavy atom. The first-order valence-electron chi connectivity index (χ1n) is 10.1. The smallest absolute Gasteiger partial charge is 0.475 e. The van der Waals surface area contributed by atoms with E-state index in [1.165, 1.54) is 12.8 Å². The Labute approximate surface area is 182 Å². The molecule has 0 radical (unpaired) electrons. The van der Waals surface area contributed by atoms with Gasteiger partial charge in [0.25, 0.3) is 0 Å². The van der Waals surface area contributed by atoms with Crippen LogP contribution in [0.2, 0.25) is 0 Å². The van der Waals surface area contributed by atoms with Crippen molar-refractivity contribution in [3.8, 4) is 5.88 Å². The van der Waals surface area contributed by atoms with Crippen LogP contribution in [0.3, 0.4) is 0 Å². The summed E-state index contributed by atoms with van der Waals surface area (Å²) < 4.78 is 43.6. The number of pyridine rings is 1. The van der Waals surface area contributed by atoms with Crippen LogP contribution in [-0.2, 0) is 14.3 Å². The number of carbonyl (C=O) groups is 2. The summed E-state index contributed by atoms with van der Waals surface area (Å²) in [4.78, 5) is 27.3. The Hall–Kier alpha value is -2.01. The summed E-state index contributed by atoms with van der Waals surface area (Å²) in [6.07, 6.45) is 2.85. The molecule has 11 heteroatoms. The van der Waals surface area contributed by atoms with Crippen molar-refractivity contribution in [1.29, 1.82) is 0 Å². The maximum Gasteiger partial charge on any atom is 0.490 e. The number of nitrogens with zero attached hydrogens (tertiary/aromatic N) is 2. The molecule has 2 aliphatic heterocycles. The summed E-state index contributed by atoms with van der Waals surface area (Å²) >= 11 is 1.94. The van der Waals surface area contributed by atoms with Gasteiger partial charge in [0, 0.05) is 37.5 Å². The molecule has 0 aromatic carbocycles. The van der Waals surface area contributed by atoms with Gasteiger partial charge in [0.2, 0.25) is 11.8 Å². The minimum absolute atomic E-state index is 0.141. The topological polar surface area (TPSA) is 89.0 Å². The molecular weight excluding hydrogens is 437 g/mol. The molecule has 1 aromatic heterocycles. The van der Waals surface area contributed by atoms with Crippen molar-refractivity contribution in [2.45, 2.75) is 55.2 Å². The van der Waals surface area contributed by atoms with Crippen molar-refractivity contribution in [3.63, 3.8) is 0 Å². The molecule has 1 spiro atoms. The Morgan fingerprint density at radius 3 is 2.48 bits per heavy atom. The van der Waals surface area contributed by atoms with Gasteiger partial charge < -0.3 is 19.5 Å². The lowest BCUT2D eigenvalue weighted by Gasteiger charge is -2.47. The van der Waals surface area contributed by atoms with Gasteiger partial charge in [-0.3, -0.25) is 4.79 Å². The fraction of sp³-hybridized carbons (Fsp3) is 0.650. The molecule has 1 atom stereocenters. The molecule has 3 heterocycles. The highest BCUT2D eigenvalue weighted by Gasteiger charge is 2.51. The van der Waals surface area contributed by atoms with E-state index in [0.29, 0.717) is 12.0 Å². The van der Waals surface area contributed by atoms with Crippen molar-refractivity contribution in [3.05, 3.63) is 24.4 Å². The first-order chi connectivity index (χ1) is 14.7. The molecule has 0 bridgehead atoms. The number of hydrogen-bond acceptors (Lipinski definition) is 6. The first kappa shape index (κ1) is 23.6. The fourth-order valence-corrected chi connectivity index (χ4v) is 5.37. The van der Waals surface area contributed by atoms with Gasteiger partial charge in [-0.1, -0.05) is 18.9 Å². The molecule has 172 valence electrons. The number of hydrogen-bond donors (Lipinski definition) is 1. The molecule has 1 aromatic rings. The third-order valence-electron chi connectivity index (χ3n) is 5.40. The first-order valence-corrected chi connectivity index (χ1v) is 11.1. The van der Waals surface area contributed by atoms with E-state index in [0.717, 1.165) is 38.1 Å². The van der Waals surface area contributed by atoms with Crippen molar-refractivity contribution < 1.29 is 37.3 Å². The van der Waals surface area contributed by atoms with Crippen molar-refractivity contribution in [2.75, 3.05) is 25.4 Å². The molecule has 1 saturated carbocycles. The Kier molecular flexibility index (Phi) is 7.68. The minimum Gasteiger partial charge on any atom is -0.475 e. The summed E-state index contributed by atoms with van der Waals surface area (Å²) in [6.45, 7) is 1.90. The number of amides is 1. The van der Waals surface area contributed by atoms with Gasteiger partial charge in [-0.05, 0) is 18.9 Å². The third kappa shape index (κ3) is 6.73. The monoisotopic (exact) mass is 462 g/mol. The zero-order valence-corrected chi connectivity index (χ0v) is 17.7. The molecule has 2 saturated heterocycles. The van der Waals surface area contributed by atoms with Gasteiger partial charge in [0.15, 0.2) is 0 Å². The molecule has 1 aliphatic carbocycles. The van der Waals surface area contributed by atoms with Crippen LogP contribution in [-0.4, -0.2) is 75.4 Å². The van der Waals surface area contributed by atoms with Gasteiger partial charge in [0.05, 0.1) is 10.9 Å². The highest BCUT2D eigenvalue weighted by atomic mass is 32.2. The standard InChI is InChI=1S/C18H24N2O3S.C2HF3O2/c21-17(10-22-14-5-1-2-6-14)20-12-18(13-20)9-15(11-24-18)23-16-7-3-4-8-19-16;3-2(4,5)1(6)7/h3-4,7-8,14-15H,1-2,5-6,9-13H2;(H,6,7). The SMILES string of the molecule is O=C(COC1CCCC1)N1CC2(CC(Oc3ccccn3)CS2)C1.O=C(O)C(F)(F)F. The lowest BCUT2D eigenvalue weighted by Crippen LogP contribution is -2.61. The van der Waals surface area contributed by atoms with Crippen LogP contribution in [0.1, 0.15) is 32.1 Å². The largest absolute Gasteiger partial charge is 0.490 e. The normalized spacial score (nSPS) is 22.5. The number of carbonyl (C=O) groups excluding carboxylic acids is 1. The molecule has 3 aliphatic rings. The number of aliphatic carboxylic acids is 1. The number of rotatable bonds is 5. The minimum atomic E-state index is -5.08. The highest BCUT2D eigenvalue weighted by molar-refractivity contribution is 8.01. The maximum atomic E-state index is 12.2. The summed E-state index contributed by atoms with van der Waals surface area (Å²) in [6, 6.07) is 5.72. The maximum absolute atomic E-state index is 12.2. The second-order valence-electron chi connectivity index (χ2n) is 7.88. The highest BCUT2D eigenvalue weighted by Crippen LogP contribution is 2.46. The second kappa shape index (κ2) is 10.1. The van der Waals surface area contributed by atoms with Gasteiger partial charge in [-0.25, -0.2) is 9.78 Å². The zero-order chi connectivity index (χ0) is 22.5. The average Bonchev–Trinajstić information content (AvgIpc) is 3.35. The average molecular weight is 462 g/mol. The predicted molar refractivity (Wildman–Crippen MR) is 107 cm³/mol. The van der Waals surface area contributed by atoms with Gasteiger partial charge in [-0.15, -0.1) is 11.8 Å². The van der Waals surface area contributed by atoms with Gasteiger partial charge >= 0.3 is 12.1 Å². The van der Waals surface area contributed by atoms with E-state index < -0.39 is 12.1 Å². The zero-order valence-electron chi connectivity index (χ0n) is 16.8. The van der Waals surface area contributed by atoms with Crippen LogP contribution in [0.5, 0.6) is 5.88 Å². The summed E-state index contributed by atoms with van der Waals surface area (Å²) in [5, 5.41) is 7.12. The van der Waals surface area contributed by atoms with Gasteiger partial charge in [0.1, 0.15) is 12.7 Å². The molecule has 31 heavy (non-hydrogen) atoms. The van der Waals surface area contributed by atoms with E-state index in [1.54, 1.807) is 6.20 Å². The van der Waals surface area contributed by atoms with Crippen LogP contribution in [0.25, 0.3) is 0 Å². The van der Waals surface area contributed by atoms with Gasteiger partial charge in [-0.2, -0.15) is 13.2 Å². The number of alkyl halides is 3. The van der Waals surface area contributed by atoms with Crippen LogP contribution < -0.4 is 4.74 Å². The number of halogens is 3.